The van der Waals surface area contributed by atoms with Crippen molar-refractivity contribution in [1.29, 1.82) is 0 Å². The summed E-state index contributed by atoms with van der Waals surface area (Å²) in [6, 6.07) is 14.5. The van der Waals surface area contributed by atoms with Gasteiger partial charge in [0, 0.05) is 34.8 Å². The van der Waals surface area contributed by atoms with Crippen molar-refractivity contribution < 1.29 is 0 Å². The molecule has 0 saturated carbocycles. The fraction of sp³-hybridized carbons (Fsp3) is 0.385. The summed E-state index contributed by atoms with van der Waals surface area (Å²) >= 11 is 12.3. The summed E-state index contributed by atoms with van der Waals surface area (Å²) in [5.74, 6) is 0. The standard InChI is InChI=1S/C26H32ClN5S/c1-17-16-20(19(3)32(17)23-12-8-10-21(27)18(23)2)25-24(22-11-6-7-13-28-22)29-26(33)31(25)15-9-14-30(4)5/h6-8,10-13,16,24-25H,9,14-15H2,1-5H3,(H,29,33)/t24-,25+/m1/s1. The summed E-state index contributed by atoms with van der Waals surface area (Å²) in [5, 5.41) is 5.14. The van der Waals surface area contributed by atoms with E-state index in [1.54, 1.807) is 0 Å². The molecule has 4 rings (SSSR count). The molecule has 5 nitrogen and oxygen atoms in total. The van der Waals surface area contributed by atoms with Gasteiger partial charge in [-0.1, -0.05) is 23.7 Å². The number of hydrogen-bond donors (Lipinski definition) is 1. The SMILES string of the molecule is Cc1c(Cl)cccc1-n1c(C)cc([C@H]2[C@@H](c3ccccn3)NC(=S)N2CCCN(C)C)c1C. The molecule has 2 atom stereocenters. The van der Waals surface area contributed by atoms with E-state index in [0.29, 0.717) is 0 Å². The Kier molecular flexibility index (Phi) is 7.07. The molecular formula is C26H32ClN5S. The highest BCUT2D eigenvalue weighted by atomic mass is 35.5. The maximum absolute atomic E-state index is 6.47. The van der Waals surface area contributed by atoms with Crippen LogP contribution in [0.4, 0.5) is 0 Å². The predicted octanol–water partition coefficient (Wildman–Crippen LogP) is 5.38. The average molecular weight is 482 g/mol. The van der Waals surface area contributed by atoms with Gasteiger partial charge < -0.3 is 19.7 Å². The zero-order valence-electron chi connectivity index (χ0n) is 20.0. The van der Waals surface area contributed by atoms with E-state index in [2.05, 4.69) is 77.7 Å². The van der Waals surface area contributed by atoms with Gasteiger partial charge in [0.1, 0.15) is 0 Å². The molecule has 1 fully saturated rings. The van der Waals surface area contributed by atoms with Crippen LogP contribution in [0.2, 0.25) is 5.02 Å². The van der Waals surface area contributed by atoms with Crippen LogP contribution in [0.5, 0.6) is 0 Å². The summed E-state index contributed by atoms with van der Waals surface area (Å²) in [5.41, 5.74) is 6.84. The number of rotatable bonds is 7. The minimum Gasteiger partial charge on any atom is -0.352 e. The fourth-order valence-electron chi connectivity index (χ4n) is 4.84. The van der Waals surface area contributed by atoms with Crippen molar-refractivity contribution >= 4 is 28.9 Å². The molecule has 1 N–H and O–H groups in total. The van der Waals surface area contributed by atoms with Crippen LogP contribution in [0.3, 0.4) is 0 Å². The summed E-state index contributed by atoms with van der Waals surface area (Å²) < 4.78 is 2.31. The zero-order chi connectivity index (χ0) is 23.7. The lowest BCUT2D eigenvalue weighted by atomic mass is 9.96. The smallest absolute Gasteiger partial charge is 0.170 e. The second-order valence-electron chi connectivity index (χ2n) is 9.02. The van der Waals surface area contributed by atoms with Gasteiger partial charge >= 0.3 is 0 Å². The highest BCUT2D eigenvalue weighted by Gasteiger charge is 2.41. The largest absolute Gasteiger partial charge is 0.352 e. The molecular weight excluding hydrogens is 450 g/mol. The van der Waals surface area contributed by atoms with E-state index in [1.807, 2.05) is 30.5 Å². The summed E-state index contributed by atoms with van der Waals surface area (Å²) in [7, 11) is 4.21. The number of halogens is 1. The molecule has 0 amide bonds. The van der Waals surface area contributed by atoms with Crippen molar-refractivity contribution in [2.24, 2.45) is 0 Å². The Morgan fingerprint density at radius 3 is 2.61 bits per heavy atom. The van der Waals surface area contributed by atoms with Crippen LogP contribution in [0.25, 0.3) is 5.69 Å². The number of thiocarbonyl (C=S) groups is 1. The van der Waals surface area contributed by atoms with Crippen LogP contribution in [0, 0.1) is 20.8 Å². The molecule has 33 heavy (non-hydrogen) atoms. The Balaban J connectivity index is 1.80. The maximum atomic E-state index is 6.47. The first-order chi connectivity index (χ1) is 15.8. The molecule has 1 aliphatic heterocycles. The van der Waals surface area contributed by atoms with Crippen LogP contribution in [-0.2, 0) is 0 Å². The lowest BCUT2D eigenvalue weighted by Gasteiger charge is -2.28. The molecule has 0 unspecified atom stereocenters. The molecule has 1 saturated heterocycles. The van der Waals surface area contributed by atoms with E-state index in [0.717, 1.165) is 46.6 Å². The van der Waals surface area contributed by atoms with Crippen LogP contribution in [0.15, 0.2) is 48.7 Å². The van der Waals surface area contributed by atoms with Gasteiger partial charge in [-0.15, -0.1) is 0 Å². The third-order valence-electron chi connectivity index (χ3n) is 6.47. The third kappa shape index (κ3) is 4.65. The van der Waals surface area contributed by atoms with Gasteiger partial charge in [-0.25, -0.2) is 0 Å². The Hall–Kier alpha value is -2.41. The molecule has 3 heterocycles. The van der Waals surface area contributed by atoms with Gasteiger partial charge in [-0.2, -0.15) is 0 Å². The molecule has 0 bridgehead atoms. The zero-order valence-corrected chi connectivity index (χ0v) is 21.5. The summed E-state index contributed by atoms with van der Waals surface area (Å²) in [4.78, 5) is 9.23. The van der Waals surface area contributed by atoms with Crippen molar-refractivity contribution in [1.82, 2.24) is 24.7 Å². The number of aromatic nitrogens is 2. The van der Waals surface area contributed by atoms with Crippen LogP contribution in [0.1, 0.15) is 46.7 Å². The molecule has 2 aromatic heterocycles. The van der Waals surface area contributed by atoms with Gasteiger partial charge in [0.05, 0.1) is 17.8 Å². The average Bonchev–Trinajstić information content (AvgIpc) is 3.26. The molecule has 174 valence electrons. The van der Waals surface area contributed by atoms with Crippen LogP contribution >= 0.6 is 23.8 Å². The van der Waals surface area contributed by atoms with Crippen molar-refractivity contribution in [3.8, 4) is 5.69 Å². The van der Waals surface area contributed by atoms with Gasteiger partial charge in [-0.05, 0) is 102 Å². The number of hydrogen-bond acceptors (Lipinski definition) is 3. The topological polar surface area (TPSA) is 36.3 Å². The normalized spacial score (nSPS) is 18.3. The first-order valence-electron chi connectivity index (χ1n) is 11.4. The molecule has 1 aromatic carbocycles. The molecule has 7 heteroatoms. The van der Waals surface area contributed by atoms with Crippen molar-refractivity contribution in [2.45, 2.75) is 39.3 Å². The number of benzene rings is 1. The van der Waals surface area contributed by atoms with Gasteiger partial charge in [0.25, 0.3) is 0 Å². The van der Waals surface area contributed by atoms with Gasteiger partial charge in [-0.3, -0.25) is 4.98 Å². The quantitative estimate of drug-likeness (QED) is 0.459. The van der Waals surface area contributed by atoms with Crippen LogP contribution < -0.4 is 5.32 Å². The Bertz CT molecular complexity index is 1140. The number of aryl methyl sites for hydroxylation is 1. The van der Waals surface area contributed by atoms with Crippen LogP contribution in [-0.4, -0.2) is 51.6 Å². The van der Waals surface area contributed by atoms with Crippen molar-refractivity contribution in [3.63, 3.8) is 0 Å². The van der Waals surface area contributed by atoms with E-state index in [-0.39, 0.29) is 12.1 Å². The third-order valence-corrected chi connectivity index (χ3v) is 7.23. The molecule has 3 aromatic rings. The summed E-state index contributed by atoms with van der Waals surface area (Å²) in [6.07, 6.45) is 2.89. The van der Waals surface area contributed by atoms with Crippen molar-refractivity contribution in [3.05, 3.63) is 81.9 Å². The van der Waals surface area contributed by atoms with Gasteiger partial charge in [0.2, 0.25) is 0 Å². The Labute approximate surface area is 207 Å². The van der Waals surface area contributed by atoms with E-state index in [4.69, 9.17) is 23.8 Å². The van der Waals surface area contributed by atoms with Crippen molar-refractivity contribution in [2.75, 3.05) is 27.2 Å². The second-order valence-corrected chi connectivity index (χ2v) is 9.82. The lowest BCUT2D eigenvalue weighted by molar-refractivity contribution is 0.292. The minimum atomic E-state index is -0.00698. The second kappa shape index (κ2) is 9.84. The predicted molar refractivity (Wildman–Crippen MR) is 140 cm³/mol. The molecule has 0 aliphatic carbocycles. The fourth-order valence-corrected chi connectivity index (χ4v) is 5.34. The van der Waals surface area contributed by atoms with E-state index < -0.39 is 0 Å². The van der Waals surface area contributed by atoms with Gasteiger partial charge in [0.15, 0.2) is 5.11 Å². The summed E-state index contributed by atoms with van der Waals surface area (Å²) in [6.45, 7) is 8.33. The number of pyridine rings is 1. The van der Waals surface area contributed by atoms with E-state index in [9.17, 15) is 0 Å². The first kappa shape index (κ1) is 23.7. The molecule has 0 spiro atoms. The Morgan fingerprint density at radius 1 is 1.12 bits per heavy atom. The highest BCUT2D eigenvalue weighted by molar-refractivity contribution is 7.80. The highest BCUT2D eigenvalue weighted by Crippen LogP contribution is 2.41. The number of nitrogens with one attached hydrogen (secondary N) is 1. The lowest BCUT2D eigenvalue weighted by Crippen LogP contribution is -2.32. The number of nitrogens with zero attached hydrogens (tertiary/aromatic N) is 4. The maximum Gasteiger partial charge on any atom is 0.170 e. The van der Waals surface area contributed by atoms with E-state index in [1.165, 1.54) is 17.0 Å². The first-order valence-corrected chi connectivity index (χ1v) is 12.2. The van der Waals surface area contributed by atoms with E-state index >= 15 is 0 Å². The molecule has 0 radical (unpaired) electrons. The molecule has 1 aliphatic rings. The Morgan fingerprint density at radius 2 is 1.91 bits per heavy atom. The monoisotopic (exact) mass is 481 g/mol. The minimum absolute atomic E-state index is 0.00698.